The molecule has 1 unspecified atom stereocenters. The van der Waals surface area contributed by atoms with Crippen LogP contribution in [0, 0.1) is 0 Å². The second kappa shape index (κ2) is 5.31. The summed E-state index contributed by atoms with van der Waals surface area (Å²) in [5, 5.41) is 2.84. The SMILES string of the molecule is CC(=O)CCC(N)c1ccc2c(c1)CCC(=O)N2. The number of fused-ring (bicyclic) bond motifs is 1. The molecule has 0 bridgehead atoms. The Balaban J connectivity index is 2.11. The summed E-state index contributed by atoms with van der Waals surface area (Å²) in [5.41, 5.74) is 9.11. The number of anilines is 1. The van der Waals surface area contributed by atoms with E-state index in [0.29, 0.717) is 19.3 Å². The fraction of sp³-hybridized carbons (Fsp3) is 0.429. The highest BCUT2D eigenvalue weighted by Gasteiger charge is 2.16. The third kappa shape index (κ3) is 2.96. The molecule has 0 saturated heterocycles. The number of rotatable bonds is 4. The number of nitrogens with one attached hydrogen (secondary N) is 1. The van der Waals surface area contributed by atoms with Gasteiger partial charge in [-0.1, -0.05) is 12.1 Å². The first kappa shape index (κ1) is 12.8. The average molecular weight is 246 g/mol. The number of Topliss-reactive ketones (excluding diaryl/α,β-unsaturated/α-hetero) is 1. The van der Waals surface area contributed by atoms with Gasteiger partial charge in [0.1, 0.15) is 5.78 Å². The van der Waals surface area contributed by atoms with Gasteiger partial charge in [-0.05, 0) is 37.0 Å². The predicted molar refractivity (Wildman–Crippen MR) is 70.2 cm³/mol. The Labute approximate surface area is 107 Å². The summed E-state index contributed by atoms with van der Waals surface area (Å²) in [6.45, 7) is 1.58. The van der Waals surface area contributed by atoms with Crippen molar-refractivity contribution in [1.82, 2.24) is 0 Å². The van der Waals surface area contributed by atoms with E-state index in [1.165, 1.54) is 0 Å². The molecule has 0 saturated carbocycles. The van der Waals surface area contributed by atoms with Crippen LogP contribution in [0.4, 0.5) is 5.69 Å². The van der Waals surface area contributed by atoms with E-state index in [4.69, 9.17) is 5.73 Å². The second-order valence-electron chi connectivity index (χ2n) is 4.81. The molecule has 1 aliphatic rings. The van der Waals surface area contributed by atoms with Crippen molar-refractivity contribution in [3.63, 3.8) is 0 Å². The number of carbonyl (C=O) groups is 2. The lowest BCUT2D eigenvalue weighted by Crippen LogP contribution is -2.20. The highest BCUT2D eigenvalue weighted by Crippen LogP contribution is 2.26. The van der Waals surface area contributed by atoms with Crippen LogP contribution in [0.1, 0.15) is 43.4 Å². The highest BCUT2D eigenvalue weighted by molar-refractivity contribution is 5.93. The topological polar surface area (TPSA) is 72.2 Å². The van der Waals surface area contributed by atoms with E-state index in [-0.39, 0.29) is 17.7 Å². The number of ketones is 1. The third-order valence-corrected chi connectivity index (χ3v) is 3.26. The van der Waals surface area contributed by atoms with E-state index in [2.05, 4.69) is 5.32 Å². The standard InChI is InChI=1S/C14H18N2O2/c1-9(17)2-5-12(15)10-3-6-13-11(8-10)4-7-14(18)16-13/h3,6,8,12H,2,4-5,7,15H2,1H3,(H,16,18). The van der Waals surface area contributed by atoms with Crippen molar-refractivity contribution in [2.24, 2.45) is 5.73 Å². The van der Waals surface area contributed by atoms with Gasteiger partial charge in [-0.15, -0.1) is 0 Å². The minimum absolute atomic E-state index is 0.0659. The summed E-state index contributed by atoms with van der Waals surface area (Å²) < 4.78 is 0. The summed E-state index contributed by atoms with van der Waals surface area (Å²) >= 11 is 0. The van der Waals surface area contributed by atoms with Crippen molar-refractivity contribution in [1.29, 1.82) is 0 Å². The van der Waals surface area contributed by atoms with E-state index in [0.717, 1.165) is 23.2 Å². The van der Waals surface area contributed by atoms with Gasteiger partial charge in [-0.25, -0.2) is 0 Å². The molecule has 1 atom stereocenters. The molecule has 3 N–H and O–H groups in total. The van der Waals surface area contributed by atoms with Gasteiger partial charge < -0.3 is 15.8 Å². The first-order chi connectivity index (χ1) is 8.56. The van der Waals surface area contributed by atoms with Crippen LogP contribution in [-0.4, -0.2) is 11.7 Å². The van der Waals surface area contributed by atoms with Crippen LogP contribution in [0.25, 0.3) is 0 Å². The van der Waals surface area contributed by atoms with E-state index < -0.39 is 0 Å². The number of amides is 1. The molecule has 96 valence electrons. The van der Waals surface area contributed by atoms with Gasteiger partial charge in [0.25, 0.3) is 0 Å². The molecule has 1 aliphatic heterocycles. The second-order valence-corrected chi connectivity index (χ2v) is 4.81. The zero-order valence-electron chi connectivity index (χ0n) is 10.5. The van der Waals surface area contributed by atoms with Gasteiger partial charge in [0.2, 0.25) is 5.91 Å². The molecule has 18 heavy (non-hydrogen) atoms. The van der Waals surface area contributed by atoms with Gasteiger partial charge in [0, 0.05) is 24.6 Å². The summed E-state index contributed by atoms with van der Waals surface area (Å²) in [5.74, 6) is 0.229. The molecular formula is C14H18N2O2. The zero-order chi connectivity index (χ0) is 13.1. The average Bonchev–Trinajstić information content (AvgIpc) is 2.35. The molecule has 0 aliphatic carbocycles. The van der Waals surface area contributed by atoms with Crippen molar-refractivity contribution >= 4 is 17.4 Å². The first-order valence-corrected chi connectivity index (χ1v) is 6.24. The molecule has 1 amide bonds. The van der Waals surface area contributed by atoms with Crippen LogP contribution in [0.5, 0.6) is 0 Å². The van der Waals surface area contributed by atoms with Gasteiger partial charge in [0.05, 0.1) is 0 Å². The quantitative estimate of drug-likeness (QED) is 0.852. The summed E-state index contributed by atoms with van der Waals surface area (Å²) in [6, 6.07) is 5.75. The zero-order valence-corrected chi connectivity index (χ0v) is 10.5. The van der Waals surface area contributed by atoms with Crippen LogP contribution in [0.15, 0.2) is 18.2 Å². The van der Waals surface area contributed by atoms with Crippen LogP contribution >= 0.6 is 0 Å². The Hall–Kier alpha value is -1.68. The van der Waals surface area contributed by atoms with Crippen molar-refractivity contribution < 1.29 is 9.59 Å². The molecule has 1 aromatic carbocycles. The number of nitrogens with two attached hydrogens (primary N) is 1. The molecule has 4 nitrogen and oxygen atoms in total. The highest BCUT2D eigenvalue weighted by atomic mass is 16.1. The van der Waals surface area contributed by atoms with Crippen LogP contribution in [0.3, 0.4) is 0 Å². The van der Waals surface area contributed by atoms with E-state index in [1.54, 1.807) is 6.92 Å². The third-order valence-electron chi connectivity index (χ3n) is 3.26. The molecule has 0 spiro atoms. The van der Waals surface area contributed by atoms with Gasteiger partial charge >= 0.3 is 0 Å². The monoisotopic (exact) mass is 246 g/mol. The number of carbonyl (C=O) groups excluding carboxylic acids is 2. The summed E-state index contributed by atoms with van der Waals surface area (Å²) in [6.07, 6.45) is 2.46. The fourth-order valence-electron chi connectivity index (χ4n) is 2.16. The number of hydrogen-bond donors (Lipinski definition) is 2. The van der Waals surface area contributed by atoms with Crippen molar-refractivity contribution in [3.05, 3.63) is 29.3 Å². The molecule has 1 heterocycles. The molecule has 1 aromatic rings. The van der Waals surface area contributed by atoms with E-state index in [9.17, 15) is 9.59 Å². The number of benzene rings is 1. The lowest BCUT2D eigenvalue weighted by atomic mass is 9.95. The van der Waals surface area contributed by atoms with Crippen LogP contribution in [0.2, 0.25) is 0 Å². The smallest absolute Gasteiger partial charge is 0.224 e. The molecular weight excluding hydrogens is 228 g/mol. The molecule has 4 heteroatoms. The summed E-state index contributed by atoms with van der Waals surface area (Å²) in [7, 11) is 0. The van der Waals surface area contributed by atoms with Crippen LogP contribution < -0.4 is 11.1 Å². The Kier molecular flexibility index (Phi) is 3.77. The Bertz CT molecular complexity index is 483. The minimum atomic E-state index is -0.114. The van der Waals surface area contributed by atoms with E-state index in [1.807, 2.05) is 18.2 Å². The Morgan fingerprint density at radius 2 is 2.22 bits per heavy atom. The first-order valence-electron chi connectivity index (χ1n) is 6.24. The van der Waals surface area contributed by atoms with Gasteiger partial charge in [0.15, 0.2) is 0 Å². The lowest BCUT2D eigenvalue weighted by Gasteiger charge is -2.19. The summed E-state index contributed by atoms with van der Waals surface area (Å²) in [4.78, 5) is 22.2. The van der Waals surface area contributed by atoms with Crippen LogP contribution in [-0.2, 0) is 16.0 Å². The Morgan fingerprint density at radius 3 is 2.94 bits per heavy atom. The lowest BCUT2D eigenvalue weighted by molar-refractivity contribution is -0.117. The molecule has 0 radical (unpaired) electrons. The number of hydrogen-bond acceptors (Lipinski definition) is 3. The van der Waals surface area contributed by atoms with Crippen molar-refractivity contribution in [3.8, 4) is 0 Å². The largest absolute Gasteiger partial charge is 0.326 e. The Morgan fingerprint density at radius 1 is 1.44 bits per heavy atom. The maximum absolute atomic E-state index is 11.2. The predicted octanol–water partition coefficient (Wildman–Crippen LogP) is 1.94. The molecule has 2 rings (SSSR count). The fourth-order valence-corrected chi connectivity index (χ4v) is 2.16. The van der Waals surface area contributed by atoms with E-state index >= 15 is 0 Å². The maximum Gasteiger partial charge on any atom is 0.224 e. The normalized spacial score (nSPS) is 15.8. The molecule has 0 fully saturated rings. The van der Waals surface area contributed by atoms with Gasteiger partial charge in [-0.2, -0.15) is 0 Å². The van der Waals surface area contributed by atoms with Crippen molar-refractivity contribution in [2.75, 3.05) is 5.32 Å². The van der Waals surface area contributed by atoms with Gasteiger partial charge in [-0.3, -0.25) is 4.79 Å². The number of aryl methyl sites for hydroxylation is 1. The van der Waals surface area contributed by atoms with Crippen molar-refractivity contribution in [2.45, 2.75) is 38.6 Å². The maximum atomic E-state index is 11.2. The minimum Gasteiger partial charge on any atom is -0.326 e. The molecule has 0 aromatic heterocycles.